The summed E-state index contributed by atoms with van der Waals surface area (Å²) >= 11 is 0. The second kappa shape index (κ2) is 15.2. The lowest BCUT2D eigenvalue weighted by atomic mass is 10.1. The molecule has 5 N–H and O–H groups in total. The summed E-state index contributed by atoms with van der Waals surface area (Å²) in [5, 5.41) is 19.7. The Balaban J connectivity index is 0.000000507. The number of H-pyrrole nitrogens is 2. The lowest BCUT2D eigenvalue weighted by Crippen LogP contribution is -2.26. The maximum Gasteiger partial charge on any atom is 0.328 e. The van der Waals surface area contributed by atoms with Gasteiger partial charge in [0.05, 0.1) is 0 Å². The van der Waals surface area contributed by atoms with Gasteiger partial charge < -0.3 is 25.5 Å². The number of nitrogens with zero attached hydrogens (tertiary/aromatic N) is 1. The first-order valence-corrected chi connectivity index (χ1v) is 13.3. The van der Waals surface area contributed by atoms with E-state index in [1.165, 1.54) is 48.2 Å². The molecule has 0 spiro atoms. The van der Waals surface area contributed by atoms with Crippen molar-refractivity contribution in [2.75, 3.05) is 18.4 Å². The van der Waals surface area contributed by atoms with E-state index in [4.69, 9.17) is 10.2 Å². The van der Waals surface area contributed by atoms with Crippen molar-refractivity contribution < 1.29 is 29.0 Å². The molecular formula is C31H35FN4O5. The molecule has 10 heteroatoms. The minimum atomic E-state index is -1.26. The number of hydrogen-bond donors (Lipinski definition) is 5. The molecule has 0 bridgehead atoms. The first kappa shape index (κ1) is 30.8. The van der Waals surface area contributed by atoms with Gasteiger partial charge in [0.25, 0.3) is 5.91 Å². The molecule has 0 saturated carbocycles. The fraction of sp³-hybridized carbons (Fsp3) is 0.258. The second-order valence-electron chi connectivity index (χ2n) is 9.56. The predicted molar refractivity (Wildman–Crippen MR) is 156 cm³/mol. The van der Waals surface area contributed by atoms with E-state index < -0.39 is 11.9 Å². The third kappa shape index (κ3) is 9.77. The largest absolute Gasteiger partial charge is 0.478 e. The lowest BCUT2D eigenvalue weighted by molar-refractivity contribution is -0.134. The van der Waals surface area contributed by atoms with Crippen molar-refractivity contribution in [2.24, 2.45) is 0 Å². The average Bonchev–Trinajstić information content (AvgIpc) is 3.56. The van der Waals surface area contributed by atoms with Gasteiger partial charge in [-0.15, -0.1) is 0 Å². The van der Waals surface area contributed by atoms with E-state index >= 15 is 0 Å². The average molecular weight is 563 g/mol. The second-order valence-corrected chi connectivity index (χ2v) is 9.56. The number of amides is 1. The molecule has 2 aromatic carbocycles. The number of unbranched alkanes of at least 4 members (excludes halogenated alkanes) is 1. The van der Waals surface area contributed by atoms with Crippen LogP contribution in [0.3, 0.4) is 0 Å². The van der Waals surface area contributed by atoms with E-state index in [1.807, 2.05) is 24.4 Å². The van der Waals surface area contributed by atoms with Gasteiger partial charge in [-0.05, 0) is 86.0 Å². The number of anilines is 1. The summed E-state index contributed by atoms with van der Waals surface area (Å²) in [6.45, 7) is 7.30. The van der Waals surface area contributed by atoms with Crippen LogP contribution in [0.5, 0.6) is 0 Å². The fourth-order valence-corrected chi connectivity index (χ4v) is 4.37. The minimum Gasteiger partial charge on any atom is -0.478 e. The number of aliphatic carboxylic acids is 2. The number of aryl methyl sites for hydroxylation is 1. The molecule has 1 amide bonds. The summed E-state index contributed by atoms with van der Waals surface area (Å²) in [7, 11) is 0. The number of nitrogens with one attached hydrogen (secondary N) is 3. The van der Waals surface area contributed by atoms with Crippen molar-refractivity contribution in [3.63, 3.8) is 0 Å². The van der Waals surface area contributed by atoms with E-state index in [9.17, 15) is 18.8 Å². The number of fused-ring (bicyclic) bond motifs is 1. The van der Waals surface area contributed by atoms with Crippen molar-refractivity contribution in [1.82, 2.24) is 14.9 Å². The highest BCUT2D eigenvalue weighted by molar-refractivity contribution is 6.05. The molecule has 0 saturated heterocycles. The number of carbonyl (C=O) groups excluding carboxylic acids is 1. The molecule has 0 fully saturated rings. The summed E-state index contributed by atoms with van der Waals surface area (Å²) in [5.74, 6) is -3.12. The monoisotopic (exact) mass is 562 g/mol. The molecule has 9 nitrogen and oxygen atoms in total. The summed E-state index contributed by atoms with van der Waals surface area (Å²) in [5.41, 5.74) is 5.95. The molecule has 2 aromatic heterocycles. The summed E-state index contributed by atoms with van der Waals surface area (Å²) in [6, 6.07) is 13.6. The van der Waals surface area contributed by atoms with Gasteiger partial charge >= 0.3 is 11.9 Å². The molecule has 0 aliphatic heterocycles. The zero-order valence-electron chi connectivity index (χ0n) is 23.1. The lowest BCUT2D eigenvalue weighted by Gasteiger charge is -2.21. The van der Waals surface area contributed by atoms with Crippen LogP contribution in [-0.4, -0.2) is 56.0 Å². The maximum atomic E-state index is 13.2. The third-order valence-electron chi connectivity index (χ3n) is 6.43. The van der Waals surface area contributed by atoms with Crippen LogP contribution in [0.1, 0.15) is 46.9 Å². The number of hydrogen-bond acceptors (Lipinski definition) is 4. The number of aromatic nitrogens is 2. The quantitative estimate of drug-likeness (QED) is 0.139. The highest BCUT2D eigenvalue weighted by Gasteiger charge is 2.14. The zero-order valence-corrected chi connectivity index (χ0v) is 23.1. The number of carbonyl (C=O) groups is 3. The standard InChI is InChI=1S/C27H31FN4O.C4H4O4/c1-3-4-14-32(18-20-11-13-29-17-20)15-12-24-19(2)30-26-10-9-23(16-25(24)26)31-27(33)21-5-7-22(28)8-6-21;5-3(6)1-2-4(7)8/h5-11,13,16-17,29-30H,3-4,12,14-15,18H2,1-2H3,(H,31,33);1-2H,(H,5,6)(H,7,8)/b;2-1-. The Kier molecular flexibility index (Phi) is 11.4. The molecular weight excluding hydrogens is 527 g/mol. The van der Waals surface area contributed by atoms with Gasteiger partial charge in [0.1, 0.15) is 5.82 Å². The molecule has 216 valence electrons. The van der Waals surface area contributed by atoms with Crippen molar-refractivity contribution in [3.05, 3.63) is 101 Å². The van der Waals surface area contributed by atoms with E-state index in [-0.39, 0.29) is 11.7 Å². The Bertz CT molecular complexity index is 1460. The van der Waals surface area contributed by atoms with Crippen LogP contribution in [0.2, 0.25) is 0 Å². The van der Waals surface area contributed by atoms with E-state index in [0.717, 1.165) is 48.3 Å². The Morgan fingerprint density at radius 3 is 2.32 bits per heavy atom. The van der Waals surface area contributed by atoms with Crippen LogP contribution in [-0.2, 0) is 22.6 Å². The smallest absolute Gasteiger partial charge is 0.328 e. The minimum absolute atomic E-state index is 0.250. The van der Waals surface area contributed by atoms with Gasteiger partial charge in [-0.25, -0.2) is 14.0 Å². The van der Waals surface area contributed by atoms with E-state index in [2.05, 4.69) is 46.3 Å². The number of carboxylic acids is 2. The highest BCUT2D eigenvalue weighted by Crippen LogP contribution is 2.26. The number of aromatic amines is 2. The number of carboxylic acid groups (broad SMARTS) is 2. The fourth-order valence-electron chi connectivity index (χ4n) is 4.37. The molecule has 2 heterocycles. The van der Waals surface area contributed by atoms with Gasteiger partial charge in [-0.1, -0.05) is 13.3 Å². The number of halogens is 1. The van der Waals surface area contributed by atoms with Gasteiger partial charge in [-0.3, -0.25) is 9.69 Å². The van der Waals surface area contributed by atoms with Crippen LogP contribution in [0.4, 0.5) is 10.1 Å². The molecule has 0 atom stereocenters. The topological polar surface area (TPSA) is 139 Å². The SMILES string of the molecule is CCCCN(CCc1c(C)[nH]c2ccc(NC(=O)c3ccc(F)cc3)cc12)Cc1cc[nH]c1.O=C(O)/C=C\C(=O)O. The number of rotatable bonds is 12. The predicted octanol–water partition coefficient (Wildman–Crippen LogP) is 5.75. The summed E-state index contributed by atoms with van der Waals surface area (Å²) in [4.78, 5) is 40.8. The normalized spacial score (nSPS) is 11.0. The maximum absolute atomic E-state index is 13.2. The van der Waals surface area contributed by atoms with Crippen molar-refractivity contribution in [2.45, 2.75) is 39.7 Å². The molecule has 4 rings (SSSR count). The summed E-state index contributed by atoms with van der Waals surface area (Å²) in [6.07, 6.45) is 8.43. The first-order chi connectivity index (χ1) is 19.7. The molecule has 4 aromatic rings. The molecule has 41 heavy (non-hydrogen) atoms. The molecule has 0 aliphatic rings. The van der Waals surface area contributed by atoms with Crippen molar-refractivity contribution in [3.8, 4) is 0 Å². The van der Waals surface area contributed by atoms with Gasteiger partial charge in [-0.2, -0.15) is 0 Å². The Morgan fingerprint density at radius 2 is 1.71 bits per heavy atom. The van der Waals surface area contributed by atoms with Crippen molar-refractivity contribution >= 4 is 34.4 Å². The first-order valence-electron chi connectivity index (χ1n) is 13.3. The van der Waals surface area contributed by atoms with Gasteiger partial charge in [0.2, 0.25) is 0 Å². The van der Waals surface area contributed by atoms with Crippen LogP contribution in [0.25, 0.3) is 10.9 Å². The molecule has 0 radical (unpaired) electrons. The third-order valence-corrected chi connectivity index (χ3v) is 6.43. The van der Waals surface area contributed by atoms with Gasteiger partial charge in [0.15, 0.2) is 0 Å². The van der Waals surface area contributed by atoms with Crippen LogP contribution < -0.4 is 5.32 Å². The van der Waals surface area contributed by atoms with Crippen LogP contribution in [0, 0.1) is 12.7 Å². The Labute approximate surface area is 237 Å². The Morgan fingerprint density at radius 1 is 1.00 bits per heavy atom. The van der Waals surface area contributed by atoms with Crippen molar-refractivity contribution in [1.29, 1.82) is 0 Å². The summed E-state index contributed by atoms with van der Waals surface area (Å²) < 4.78 is 13.2. The highest BCUT2D eigenvalue weighted by atomic mass is 19.1. The van der Waals surface area contributed by atoms with E-state index in [0.29, 0.717) is 17.7 Å². The Hall–Kier alpha value is -4.70. The van der Waals surface area contributed by atoms with Gasteiger partial charge in [0, 0.05) is 65.5 Å². The van der Waals surface area contributed by atoms with Crippen LogP contribution in [0.15, 0.2) is 73.1 Å². The van der Waals surface area contributed by atoms with Crippen LogP contribution >= 0.6 is 0 Å². The van der Waals surface area contributed by atoms with E-state index in [1.54, 1.807) is 0 Å². The zero-order chi connectivity index (χ0) is 29.8. The number of benzene rings is 2. The molecule has 0 unspecified atom stereocenters. The molecule has 0 aliphatic carbocycles.